The summed E-state index contributed by atoms with van der Waals surface area (Å²) in [5.41, 5.74) is 0. The Balaban J connectivity index is 1.41. The molecule has 7 nitrogen and oxygen atoms in total. The van der Waals surface area contributed by atoms with Crippen molar-refractivity contribution >= 4 is 31.9 Å². The lowest BCUT2D eigenvalue weighted by atomic mass is 10.2. The molecule has 1 amide bonds. The normalized spacial score (nSPS) is 16.0. The van der Waals surface area contributed by atoms with E-state index in [1.54, 1.807) is 18.2 Å². The molecular formula is C18H19BrN2O5S. The van der Waals surface area contributed by atoms with Crippen molar-refractivity contribution in [1.82, 2.24) is 10.0 Å². The quantitative estimate of drug-likeness (QED) is 0.667. The van der Waals surface area contributed by atoms with Gasteiger partial charge in [0, 0.05) is 17.4 Å². The third-order valence-corrected chi connectivity index (χ3v) is 5.87. The molecule has 2 aromatic rings. The van der Waals surface area contributed by atoms with E-state index in [1.165, 1.54) is 12.1 Å². The number of benzene rings is 2. The first-order valence-corrected chi connectivity index (χ1v) is 10.6. The van der Waals surface area contributed by atoms with E-state index in [1.807, 2.05) is 18.2 Å². The lowest BCUT2D eigenvalue weighted by Gasteiger charge is -2.26. The summed E-state index contributed by atoms with van der Waals surface area (Å²) >= 11 is 3.26. The maximum Gasteiger partial charge on any atom is 0.240 e. The van der Waals surface area contributed by atoms with Crippen LogP contribution in [0.2, 0.25) is 0 Å². The maximum absolute atomic E-state index is 12.2. The van der Waals surface area contributed by atoms with Gasteiger partial charge in [-0.2, -0.15) is 0 Å². The molecule has 1 aliphatic rings. The predicted octanol–water partition coefficient (Wildman–Crippen LogP) is 2.07. The summed E-state index contributed by atoms with van der Waals surface area (Å²) in [7, 11) is -3.64. The molecule has 1 heterocycles. The zero-order valence-electron chi connectivity index (χ0n) is 14.4. The highest BCUT2D eigenvalue weighted by molar-refractivity contribution is 9.10. The SMILES string of the molecule is O=C(CCNS(=O)(=O)c1ccc(Br)cc1)NCC1COc2ccccc2O1. The lowest BCUT2D eigenvalue weighted by Crippen LogP contribution is -2.41. The Morgan fingerprint density at radius 2 is 1.81 bits per heavy atom. The first kappa shape index (κ1) is 19.7. The fourth-order valence-corrected chi connectivity index (χ4v) is 3.77. The molecule has 2 aromatic carbocycles. The molecule has 1 atom stereocenters. The number of sulfonamides is 1. The molecule has 0 radical (unpaired) electrons. The van der Waals surface area contributed by atoms with Gasteiger partial charge in [-0.1, -0.05) is 28.1 Å². The number of fused-ring (bicyclic) bond motifs is 1. The van der Waals surface area contributed by atoms with Crippen molar-refractivity contribution in [2.75, 3.05) is 19.7 Å². The summed E-state index contributed by atoms with van der Waals surface area (Å²) in [6, 6.07) is 13.6. The summed E-state index contributed by atoms with van der Waals surface area (Å²) in [6.45, 7) is 0.634. The second kappa shape index (κ2) is 8.73. The second-order valence-corrected chi connectivity index (χ2v) is 8.59. The minimum Gasteiger partial charge on any atom is -0.486 e. The molecule has 27 heavy (non-hydrogen) atoms. The van der Waals surface area contributed by atoms with Crippen molar-refractivity contribution in [2.45, 2.75) is 17.4 Å². The third kappa shape index (κ3) is 5.44. The summed E-state index contributed by atoms with van der Waals surface area (Å²) < 4.78 is 38.8. The predicted molar refractivity (Wildman–Crippen MR) is 103 cm³/mol. The zero-order chi connectivity index (χ0) is 19.3. The van der Waals surface area contributed by atoms with Crippen LogP contribution in [0.3, 0.4) is 0 Å². The van der Waals surface area contributed by atoms with E-state index in [2.05, 4.69) is 26.0 Å². The molecule has 9 heteroatoms. The van der Waals surface area contributed by atoms with Crippen LogP contribution in [0.5, 0.6) is 11.5 Å². The fraction of sp³-hybridized carbons (Fsp3) is 0.278. The standard InChI is InChI=1S/C18H19BrN2O5S/c19-13-5-7-15(8-6-13)27(23,24)21-10-9-18(22)20-11-14-12-25-16-3-1-2-4-17(16)26-14/h1-8,14,21H,9-12H2,(H,20,22). The molecule has 2 N–H and O–H groups in total. The number of para-hydroxylation sites is 2. The highest BCUT2D eigenvalue weighted by atomic mass is 79.9. The molecule has 0 bridgehead atoms. The van der Waals surface area contributed by atoms with E-state index >= 15 is 0 Å². The molecule has 0 fully saturated rings. The van der Waals surface area contributed by atoms with Gasteiger partial charge in [-0.3, -0.25) is 4.79 Å². The summed E-state index contributed by atoms with van der Waals surface area (Å²) in [5.74, 6) is 1.06. The second-order valence-electron chi connectivity index (χ2n) is 5.90. The van der Waals surface area contributed by atoms with Crippen molar-refractivity contribution in [3.05, 3.63) is 53.0 Å². The number of amides is 1. The zero-order valence-corrected chi connectivity index (χ0v) is 16.8. The number of ether oxygens (including phenoxy) is 2. The first-order valence-electron chi connectivity index (χ1n) is 8.34. The Bertz CT molecular complexity index is 902. The third-order valence-electron chi connectivity index (χ3n) is 3.86. The van der Waals surface area contributed by atoms with E-state index in [-0.39, 0.29) is 36.4 Å². The van der Waals surface area contributed by atoms with Crippen LogP contribution in [0.25, 0.3) is 0 Å². The molecule has 1 unspecified atom stereocenters. The molecule has 0 saturated heterocycles. The van der Waals surface area contributed by atoms with E-state index < -0.39 is 10.0 Å². The van der Waals surface area contributed by atoms with Crippen LogP contribution in [-0.4, -0.2) is 40.1 Å². The van der Waals surface area contributed by atoms with E-state index in [9.17, 15) is 13.2 Å². The topological polar surface area (TPSA) is 93.7 Å². The summed E-state index contributed by atoms with van der Waals surface area (Å²) in [5, 5.41) is 2.73. The Hall–Kier alpha value is -2.10. The Kier molecular flexibility index (Phi) is 6.35. The maximum atomic E-state index is 12.2. The van der Waals surface area contributed by atoms with Crippen LogP contribution < -0.4 is 19.5 Å². The van der Waals surface area contributed by atoms with Gasteiger partial charge in [0.05, 0.1) is 11.4 Å². The number of hydrogen-bond donors (Lipinski definition) is 2. The Labute approximate surface area is 166 Å². The lowest BCUT2D eigenvalue weighted by molar-refractivity contribution is -0.121. The summed E-state index contributed by atoms with van der Waals surface area (Å²) in [4.78, 5) is 12.1. The van der Waals surface area contributed by atoms with E-state index in [4.69, 9.17) is 9.47 Å². The van der Waals surface area contributed by atoms with Crippen molar-refractivity contribution in [3.8, 4) is 11.5 Å². The van der Waals surface area contributed by atoms with Gasteiger partial charge in [-0.15, -0.1) is 0 Å². The van der Waals surface area contributed by atoms with Crippen LogP contribution in [0, 0.1) is 0 Å². The molecule has 144 valence electrons. The van der Waals surface area contributed by atoms with Crippen molar-refractivity contribution in [3.63, 3.8) is 0 Å². The minimum atomic E-state index is -3.64. The van der Waals surface area contributed by atoms with Gasteiger partial charge in [-0.05, 0) is 36.4 Å². The number of carbonyl (C=O) groups is 1. The van der Waals surface area contributed by atoms with E-state index in [0.29, 0.717) is 18.1 Å². The van der Waals surface area contributed by atoms with Gasteiger partial charge in [0.1, 0.15) is 12.7 Å². The van der Waals surface area contributed by atoms with Gasteiger partial charge in [0.2, 0.25) is 15.9 Å². The molecule has 0 aromatic heterocycles. The van der Waals surface area contributed by atoms with Crippen molar-refractivity contribution < 1.29 is 22.7 Å². The number of nitrogens with one attached hydrogen (secondary N) is 2. The van der Waals surface area contributed by atoms with Crippen LogP contribution in [0.15, 0.2) is 57.9 Å². The fourth-order valence-electron chi connectivity index (χ4n) is 2.48. The number of halogens is 1. The average Bonchev–Trinajstić information content (AvgIpc) is 2.66. The van der Waals surface area contributed by atoms with Gasteiger partial charge in [-0.25, -0.2) is 13.1 Å². The summed E-state index contributed by atoms with van der Waals surface area (Å²) in [6.07, 6.45) is -0.261. The molecule has 1 aliphatic heterocycles. The molecular weight excluding hydrogens is 436 g/mol. The van der Waals surface area contributed by atoms with Crippen molar-refractivity contribution in [2.24, 2.45) is 0 Å². The largest absolute Gasteiger partial charge is 0.486 e. The highest BCUT2D eigenvalue weighted by Crippen LogP contribution is 2.30. The van der Waals surface area contributed by atoms with Crippen molar-refractivity contribution in [1.29, 1.82) is 0 Å². The molecule has 0 spiro atoms. The highest BCUT2D eigenvalue weighted by Gasteiger charge is 2.21. The smallest absolute Gasteiger partial charge is 0.240 e. The monoisotopic (exact) mass is 454 g/mol. The van der Waals surface area contributed by atoms with Crippen LogP contribution in [0.4, 0.5) is 0 Å². The van der Waals surface area contributed by atoms with Crippen LogP contribution in [0.1, 0.15) is 6.42 Å². The minimum absolute atomic E-state index is 0.00902. The Morgan fingerprint density at radius 1 is 1.11 bits per heavy atom. The average molecular weight is 455 g/mol. The van der Waals surface area contributed by atoms with Crippen LogP contribution >= 0.6 is 15.9 Å². The molecule has 3 rings (SSSR count). The number of carbonyl (C=O) groups excluding carboxylic acids is 1. The van der Waals surface area contributed by atoms with Gasteiger partial charge < -0.3 is 14.8 Å². The number of hydrogen-bond acceptors (Lipinski definition) is 5. The van der Waals surface area contributed by atoms with Crippen LogP contribution in [-0.2, 0) is 14.8 Å². The van der Waals surface area contributed by atoms with Gasteiger partial charge in [0.25, 0.3) is 0 Å². The molecule has 0 saturated carbocycles. The molecule has 0 aliphatic carbocycles. The van der Waals surface area contributed by atoms with Gasteiger partial charge in [0.15, 0.2) is 11.5 Å². The Morgan fingerprint density at radius 3 is 2.56 bits per heavy atom. The number of rotatable bonds is 7. The van der Waals surface area contributed by atoms with Gasteiger partial charge >= 0.3 is 0 Å². The first-order chi connectivity index (χ1) is 12.9. The van der Waals surface area contributed by atoms with E-state index in [0.717, 1.165) is 4.47 Å².